The molecule has 0 unspecified atom stereocenters. The van der Waals surface area contributed by atoms with E-state index in [0.717, 1.165) is 7.11 Å². The highest BCUT2D eigenvalue weighted by atomic mass is 16.6. The second-order valence-electron chi connectivity index (χ2n) is 6.58. The van der Waals surface area contributed by atoms with Crippen LogP contribution in [0.3, 0.4) is 0 Å². The van der Waals surface area contributed by atoms with Crippen molar-refractivity contribution in [2.24, 2.45) is 0 Å². The summed E-state index contributed by atoms with van der Waals surface area (Å²) in [5, 5.41) is 30.2. The van der Waals surface area contributed by atoms with Gasteiger partial charge in [0.2, 0.25) is 0 Å². The lowest BCUT2D eigenvalue weighted by atomic mass is 9.96. The first-order valence-corrected chi connectivity index (χ1v) is 9.26. The number of rotatable bonds is 6. The normalized spacial score (nSPS) is 10.0. The highest BCUT2D eigenvalue weighted by molar-refractivity contribution is 5.92. The van der Waals surface area contributed by atoms with Crippen LogP contribution in [0.25, 0.3) is 11.1 Å². The van der Waals surface area contributed by atoms with Gasteiger partial charge in [-0.25, -0.2) is 4.79 Å². The average Bonchev–Trinajstić information content (AvgIpc) is 2.81. The number of nitriles is 2. The van der Waals surface area contributed by atoms with E-state index in [2.05, 4.69) is 9.72 Å². The van der Waals surface area contributed by atoms with Gasteiger partial charge >= 0.3 is 5.97 Å². The van der Waals surface area contributed by atoms with Gasteiger partial charge in [-0.1, -0.05) is 18.2 Å². The Bertz CT molecular complexity index is 1400. The molecule has 11 nitrogen and oxygen atoms in total. The molecule has 0 aliphatic heterocycles. The van der Waals surface area contributed by atoms with Crippen molar-refractivity contribution in [3.63, 3.8) is 0 Å². The van der Waals surface area contributed by atoms with Crippen LogP contribution in [0.5, 0.6) is 5.75 Å². The SMILES string of the molecule is COC(=O)c1cccc([N+](=O)[O-])c1COc1ccc(-c2c(C#N)c(N)[nH]c(=O)c2C#N)cc1. The predicted molar refractivity (Wildman–Crippen MR) is 115 cm³/mol. The topological polar surface area (TPSA) is 185 Å². The van der Waals surface area contributed by atoms with Crippen molar-refractivity contribution >= 4 is 17.5 Å². The standard InChI is InChI=1S/C22H15N5O6/c1-32-22(29)14-3-2-4-18(27(30)31)17(14)11-33-13-7-5-12(6-8-13)19-15(9-23)20(25)26-21(28)16(19)10-24/h2-8H,11H2,1H3,(H3,25,26,28). The van der Waals surface area contributed by atoms with Crippen LogP contribution < -0.4 is 16.0 Å². The Morgan fingerprint density at radius 3 is 2.39 bits per heavy atom. The lowest BCUT2D eigenvalue weighted by Gasteiger charge is -2.12. The monoisotopic (exact) mass is 445 g/mol. The van der Waals surface area contributed by atoms with Crippen LogP contribution in [0.2, 0.25) is 0 Å². The number of carbonyl (C=O) groups excluding carboxylic acids is 1. The molecular weight excluding hydrogens is 430 g/mol. The summed E-state index contributed by atoms with van der Waals surface area (Å²) < 4.78 is 10.3. The van der Waals surface area contributed by atoms with Crippen molar-refractivity contribution in [1.82, 2.24) is 4.98 Å². The summed E-state index contributed by atoms with van der Waals surface area (Å²) in [5.41, 5.74) is 4.87. The molecule has 0 aliphatic carbocycles. The van der Waals surface area contributed by atoms with Gasteiger partial charge in [-0.05, 0) is 23.8 Å². The lowest BCUT2D eigenvalue weighted by molar-refractivity contribution is -0.385. The van der Waals surface area contributed by atoms with Crippen LogP contribution >= 0.6 is 0 Å². The molecule has 0 saturated carbocycles. The predicted octanol–water partition coefficient (Wildman–Crippen LogP) is 2.64. The Balaban J connectivity index is 1.96. The first-order chi connectivity index (χ1) is 15.8. The molecule has 1 heterocycles. The number of carbonyl (C=O) groups is 1. The van der Waals surface area contributed by atoms with E-state index >= 15 is 0 Å². The number of aromatic nitrogens is 1. The van der Waals surface area contributed by atoms with E-state index in [1.165, 1.54) is 42.5 Å². The van der Waals surface area contributed by atoms with E-state index < -0.39 is 16.5 Å². The molecule has 0 fully saturated rings. The maximum atomic E-state index is 12.1. The summed E-state index contributed by atoms with van der Waals surface area (Å²) in [5.74, 6) is -0.626. The van der Waals surface area contributed by atoms with Crippen molar-refractivity contribution in [1.29, 1.82) is 10.5 Å². The maximum Gasteiger partial charge on any atom is 0.338 e. The molecule has 11 heteroatoms. The number of nitrogens with one attached hydrogen (secondary N) is 1. The van der Waals surface area contributed by atoms with Gasteiger partial charge in [0.1, 0.15) is 41.4 Å². The molecule has 3 rings (SSSR count). The van der Waals surface area contributed by atoms with Crippen molar-refractivity contribution in [3.05, 3.63) is 85.2 Å². The number of methoxy groups -OCH3 is 1. The van der Waals surface area contributed by atoms with Crippen molar-refractivity contribution in [2.75, 3.05) is 12.8 Å². The molecule has 164 valence electrons. The Morgan fingerprint density at radius 2 is 1.82 bits per heavy atom. The van der Waals surface area contributed by atoms with Gasteiger partial charge in [-0.15, -0.1) is 0 Å². The van der Waals surface area contributed by atoms with Crippen LogP contribution in [0.1, 0.15) is 27.0 Å². The fraction of sp³-hybridized carbons (Fsp3) is 0.0909. The third-order valence-corrected chi connectivity index (χ3v) is 4.75. The summed E-state index contributed by atoms with van der Waals surface area (Å²) in [6, 6.07) is 13.7. The minimum Gasteiger partial charge on any atom is -0.489 e. The van der Waals surface area contributed by atoms with E-state index in [0.29, 0.717) is 5.56 Å². The van der Waals surface area contributed by atoms with E-state index in [9.17, 15) is 30.2 Å². The third-order valence-electron chi connectivity index (χ3n) is 4.75. The molecule has 3 N–H and O–H groups in total. The summed E-state index contributed by atoms with van der Waals surface area (Å²) in [4.78, 5) is 37.1. The summed E-state index contributed by atoms with van der Waals surface area (Å²) in [6.07, 6.45) is 0. The fourth-order valence-corrected chi connectivity index (χ4v) is 3.20. The summed E-state index contributed by atoms with van der Waals surface area (Å²) in [6.45, 7) is -0.300. The number of hydrogen-bond donors (Lipinski definition) is 2. The zero-order valence-electron chi connectivity index (χ0n) is 17.1. The highest BCUT2D eigenvalue weighted by Crippen LogP contribution is 2.30. The smallest absolute Gasteiger partial charge is 0.338 e. The number of H-pyrrole nitrogens is 1. The zero-order chi connectivity index (χ0) is 24.1. The molecule has 0 radical (unpaired) electrons. The molecule has 1 aromatic heterocycles. The van der Waals surface area contributed by atoms with Gasteiger partial charge in [0, 0.05) is 11.6 Å². The molecule has 0 aliphatic rings. The van der Waals surface area contributed by atoms with Crippen LogP contribution in [-0.2, 0) is 11.3 Å². The van der Waals surface area contributed by atoms with Crippen molar-refractivity contribution in [3.8, 4) is 29.0 Å². The highest BCUT2D eigenvalue weighted by Gasteiger charge is 2.23. The third kappa shape index (κ3) is 4.33. The molecule has 33 heavy (non-hydrogen) atoms. The number of esters is 1. The number of nitrogens with two attached hydrogens (primary N) is 1. The quantitative estimate of drug-likeness (QED) is 0.327. The van der Waals surface area contributed by atoms with Crippen LogP contribution in [0.4, 0.5) is 11.5 Å². The van der Waals surface area contributed by atoms with Gasteiger partial charge in [-0.2, -0.15) is 10.5 Å². The number of pyridine rings is 1. The summed E-state index contributed by atoms with van der Waals surface area (Å²) >= 11 is 0. The van der Waals surface area contributed by atoms with Crippen LogP contribution in [0, 0.1) is 32.8 Å². The minimum atomic E-state index is -0.743. The Kier molecular flexibility index (Phi) is 6.36. The van der Waals surface area contributed by atoms with Gasteiger partial charge in [0.15, 0.2) is 0 Å². The van der Waals surface area contributed by atoms with Crippen molar-refractivity contribution in [2.45, 2.75) is 6.61 Å². The molecule has 0 saturated heterocycles. The number of ether oxygens (including phenoxy) is 2. The first-order valence-electron chi connectivity index (χ1n) is 9.26. The first kappa shape index (κ1) is 22.5. The second-order valence-corrected chi connectivity index (χ2v) is 6.58. The molecular formula is C22H15N5O6. The summed E-state index contributed by atoms with van der Waals surface area (Å²) in [7, 11) is 1.16. The van der Waals surface area contributed by atoms with Gasteiger partial charge < -0.3 is 20.2 Å². The molecule has 0 bridgehead atoms. The Morgan fingerprint density at radius 1 is 1.15 bits per heavy atom. The number of benzene rings is 2. The maximum absolute atomic E-state index is 12.1. The lowest BCUT2D eigenvalue weighted by Crippen LogP contribution is -2.16. The van der Waals surface area contributed by atoms with E-state index in [4.69, 9.17) is 10.5 Å². The molecule has 0 amide bonds. The second kappa shape index (κ2) is 9.32. The molecule has 3 aromatic rings. The van der Waals surface area contributed by atoms with Gasteiger partial charge in [-0.3, -0.25) is 14.9 Å². The number of hydrogen-bond acceptors (Lipinski definition) is 9. The number of nitro groups is 1. The number of nitrogen functional groups attached to an aromatic ring is 1. The largest absolute Gasteiger partial charge is 0.489 e. The van der Waals surface area contributed by atoms with Gasteiger partial charge in [0.05, 0.1) is 23.2 Å². The average molecular weight is 445 g/mol. The Labute approximate surface area is 186 Å². The minimum absolute atomic E-state index is 0.000343. The van der Waals surface area contributed by atoms with E-state index in [-0.39, 0.29) is 51.7 Å². The van der Waals surface area contributed by atoms with Crippen LogP contribution in [0.15, 0.2) is 47.3 Å². The molecule has 2 aromatic carbocycles. The Hall–Kier alpha value is -5.16. The zero-order valence-corrected chi connectivity index (χ0v) is 17.1. The number of nitro benzene ring substituents is 1. The number of anilines is 1. The number of nitrogens with zero attached hydrogens (tertiary/aromatic N) is 3. The fourth-order valence-electron chi connectivity index (χ4n) is 3.20. The van der Waals surface area contributed by atoms with E-state index in [1.54, 1.807) is 6.07 Å². The molecule has 0 spiro atoms. The number of aromatic amines is 1. The van der Waals surface area contributed by atoms with E-state index in [1.807, 2.05) is 6.07 Å². The molecule has 0 atom stereocenters. The van der Waals surface area contributed by atoms with Crippen molar-refractivity contribution < 1.29 is 19.2 Å². The van der Waals surface area contributed by atoms with Crippen LogP contribution in [-0.4, -0.2) is 23.0 Å². The van der Waals surface area contributed by atoms with Gasteiger partial charge in [0.25, 0.3) is 11.2 Å².